The molecule has 8 heteroatoms. The van der Waals surface area contributed by atoms with Gasteiger partial charge in [0.2, 0.25) is 10.0 Å². The highest BCUT2D eigenvalue weighted by molar-refractivity contribution is 7.89. The Labute approximate surface area is 126 Å². The van der Waals surface area contributed by atoms with Crippen LogP contribution >= 0.6 is 23.2 Å². The molecule has 1 aliphatic rings. The van der Waals surface area contributed by atoms with Crippen molar-refractivity contribution in [3.05, 3.63) is 28.2 Å². The van der Waals surface area contributed by atoms with Gasteiger partial charge in [0, 0.05) is 6.04 Å². The molecule has 20 heavy (non-hydrogen) atoms. The molecule has 0 radical (unpaired) electrons. The van der Waals surface area contributed by atoms with Crippen LogP contribution in [0.15, 0.2) is 23.1 Å². The van der Waals surface area contributed by atoms with Crippen molar-refractivity contribution >= 4 is 39.2 Å². The zero-order chi connectivity index (χ0) is 14.9. The molecule has 1 fully saturated rings. The first-order valence-electron chi connectivity index (χ1n) is 6.02. The van der Waals surface area contributed by atoms with E-state index in [1.165, 1.54) is 12.1 Å². The van der Waals surface area contributed by atoms with E-state index in [2.05, 4.69) is 4.72 Å². The minimum absolute atomic E-state index is 0.00914. The first-order chi connectivity index (χ1) is 9.33. The van der Waals surface area contributed by atoms with E-state index in [9.17, 15) is 13.2 Å². The Kier molecular flexibility index (Phi) is 4.59. The normalized spacial score (nSPS) is 22.9. The van der Waals surface area contributed by atoms with Crippen molar-refractivity contribution in [2.75, 3.05) is 0 Å². The number of benzene rings is 1. The lowest BCUT2D eigenvalue weighted by Crippen LogP contribution is -2.40. The largest absolute Gasteiger partial charge is 0.481 e. The van der Waals surface area contributed by atoms with E-state index >= 15 is 0 Å². The van der Waals surface area contributed by atoms with Crippen molar-refractivity contribution in [2.24, 2.45) is 5.92 Å². The molecule has 1 aromatic carbocycles. The van der Waals surface area contributed by atoms with Crippen LogP contribution in [0.4, 0.5) is 0 Å². The average Bonchev–Trinajstić information content (AvgIpc) is 2.75. The van der Waals surface area contributed by atoms with Crippen LogP contribution in [-0.4, -0.2) is 25.5 Å². The molecular weight excluding hydrogens is 325 g/mol. The van der Waals surface area contributed by atoms with Crippen molar-refractivity contribution in [1.82, 2.24) is 4.72 Å². The molecule has 110 valence electrons. The van der Waals surface area contributed by atoms with Crippen LogP contribution in [0.25, 0.3) is 0 Å². The van der Waals surface area contributed by atoms with Gasteiger partial charge in [0.25, 0.3) is 0 Å². The fourth-order valence-corrected chi connectivity index (χ4v) is 4.85. The maximum atomic E-state index is 12.3. The lowest BCUT2D eigenvalue weighted by atomic mass is 10.1. The summed E-state index contributed by atoms with van der Waals surface area (Å²) in [5.41, 5.74) is 0. The zero-order valence-corrected chi connectivity index (χ0v) is 12.7. The van der Waals surface area contributed by atoms with Crippen molar-refractivity contribution in [2.45, 2.75) is 30.2 Å². The highest BCUT2D eigenvalue weighted by Gasteiger charge is 2.36. The Morgan fingerprint density at radius 1 is 1.25 bits per heavy atom. The molecule has 0 saturated heterocycles. The second-order valence-electron chi connectivity index (χ2n) is 4.65. The van der Waals surface area contributed by atoms with Gasteiger partial charge in [0.1, 0.15) is 4.90 Å². The van der Waals surface area contributed by atoms with E-state index < -0.39 is 28.0 Å². The minimum atomic E-state index is -3.95. The maximum Gasteiger partial charge on any atom is 0.308 e. The molecule has 2 N–H and O–H groups in total. The fraction of sp³-hybridized carbons (Fsp3) is 0.417. The van der Waals surface area contributed by atoms with Crippen molar-refractivity contribution in [1.29, 1.82) is 0 Å². The van der Waals surface area contributed by atoms with Crippen LogP contribution in [0.1, 0.15) is 19.3 Å². The Morgan fingerprint density at radius 3 is 2.40 bits per heavy atom. The van der Waals surface area contributed by atoms with Gasteiger partial charge in [-0.3, -0.25) is 4.79 Å². The number of carbonyl (C=O) groups is 1. The summed E-state index contributed by atoms with van der Waals surface area (Å²) in [6, 6.07) is 3.75. The number of carboxylic acids is 1. The first-order valence-corrected chi connectivity index (χ1v) is 8.26. The Bertz CT molecular complexity index is 612. The second kappa shape index (κ2) is 5.89. The van der Waals surface area contributed by atoms with E-state index in [0.29, 0.717) is 19.3 Å². The summed E-state index contributed by atoms with van der Waals surface area (Å²) in [7, 11) is -3.95. The molecule has 2 atom stereocenters. The van der Waals surface area contributed by atoms with Gasteiger partial charge in [-0.2, -0.15) is 0 Å². The summed E-state index contributed by atoms with van der Waals surface area (Å²) in [4.78, 5) is 10.9. The van der Waals surface area contributed by atoms with Gasteiger partial charge in [-0.25, -0.2) is 13.1 Å². The molecule has 1 aromatic rings. The van der Waals surface area contributed by atoms with Crippen LogP contribution in [0.3, 0.4) is 0 Å². The molecular formula is C12H13Cl2NO4S. The molecule has 0 aromatic heterocycles. The van der Waals surface area contributed by atoms with Crippen LogP contribution in [0, 0.1) is 5.92 Å². The molecule has 0 aliphatic heterocycles. The van der Waals surface area contributed by atoms with Gasteiger partial charge < -0.3 is 5.11 Å². The number of nitrogens with one attached hydrogen (secondary N) is 1. The van der Waals surface area contributed by atoms with E-state index in [1.54, 1.807) is 6.07 Å². The highest BCUT2D eigenvalue weighted by atomic mass is 35.5. The molecule has 0 spiro atoms. The second-order valence-corrected chi connectivity index (χ2v) is 7.12. The summed E-state index contributed by atoms with van der Waals surface area (Å²) >= 11 is 11.8. The van der Waals surface area contributed by atoms with Crippen LogP contribution < -0.4 is 4.72 Å². The fourth-order valence-electron chi connectivity index (χ4n) is 2.39. The molecule has 2 rings (SSSR count). The number of sulfonamides is 1. The first kappa shape index (κ1) is 15.6. The summed E-state index contributed by atoms with van der Waals surface area (Å²) in [6.07, 6.45) is 1.61. The van der Waals surface area contributed by atoms with Crippen LogP contribution in [-0.2, 0) is 14.8 Å². The monoisotopic (exact) mass is 337 g/mol. The smallest absolute Gasteiger partial charge is 0.308 e. The van der Waals surface area contributed by atoms with Gasteiger partial charge in [0.05, 0.1) is 16.0 Å². The zero-order valence-electron chi connectivity index (χ0n) is 10.3. The van der Waals surface area contributed by atoms with Crippen molar-refractivity contribution in [3.8, 4) is 0 Å². The number of hydrogen-bond donors (Lipinski definition) is 2. The van der Waals surface area contributed by atoms with Gasteiger partial charge in [-0.05, 0) is 25.0 Å². The molecule has 0 heterocycles. The maximum absolute atomic E-state index is 12.3. The Hall–Kier alpha value is -0.820. The molecule has 1 saturated carbocycles. The van der Waals surface area contributed by atoms with Gasteiger partial charge >= 0.3 is 5.97 Å². The number of rotatable bonds is 4. The summed E-state index contributed by atoms with van der Waals surface area (Å²) in [6.45, 7) is 0. The number of halogens is 2. The minimum Gasteiger partial charge on any atom is -0.481 e. The topological polar surface area (TPSA) is 83.5 Å². The van der Waals surface area contributed by atoms with Gasteiger partial charge in [0.15, 0.2) is 0 Å². The standard InChI is InChI=1S/C12H13Cl2NO4S/c13-8-4-2-5-9(14)11(8)20(18,19)15-10-6-1-3-7(10)12(16)17/h2,4-5,7,10,15H,1,3,6H2,(H,16,17). The van der Waals surface area contributed by atoms with Crippen molar-refractivity contribution < 1.29 is 18.3 Å². The third-order valence-corrected chi connectivity index (χ3v) is 5.77. The predicted molar refractivity (Wildman–Crippen MR) is 75.5 cm³/mol. The van der Waals surface area contributed by atoms with E-state index in [4.69, 9.17) is 28.3 Å². The lowest BCUT2D eigenvalue weighted by Gasteiger charge is -2.18. The average molecular weight is 338 g/mol. The summed E-state index contributed by atoms with van der Waals surface area (Å²) in [5.74, 6) is -1.72. The molecule has 2 unspecified atom stereocenters. The Morgan fingerprint density at radius 2 is 1.85 bits per heavy atom. The quantitative estimate of drug-likeness (QED) is 0.884. The summed E-state index contributed by atoms with van der Waals surface area (Å²) < 4.78 is 27.1. The number of hydrogen-bond acceptors (Lipinski definition) is 3. The van der Waals surface area contributed by atoms with Crippen molar-refractivity contribution in [3.63, 3.8) is 0 Å². The van der Waals surface area contributed by atoms with E-state index in [0.717, 1.165) is 0 Å². The molecule has 5 nitrogen and oxygen atoms in total. The predicted octanol–water partition coefficient (Wildman–Crippen LogP) is 2.53. The van der Waals surface area contributed by atoms with Crippen LogP contribution in [0.5, 0.6) is 0 Å². The highest BCUT2D eigenvalue weighted by Crippen LogP contribution is 2.32. The third-order valence-electron chi connectivity index (χ3n) is 3.33. The van der Waals surface area contributed by atoms with Gasteiger partial charge in [-0.1, -0.05) is 35.7 Å². The molecule has 0 bridgehead atoms. The van der Waals surface area contributed by atoms with E-state index in [-0.39, 0.29) is 14.9 Å². The lowest BCUT2D eigenvalue weighted by molar-refractivity contribution is -0.141. The SMILES string of the molecule is O=C(O)C1CCCC1NS(=O)(=O)c1c(Cl)cccc1Cl. The molecule has 0 amide bonds. The van der Waals surface area contributed by atoms with E-state index in [1.807, 2.05) is 0 Å². The number of aliphatic carboxylic acids is 1. The Balaban J connectivity index is 2.30. The summed E-state index contributed by atoms with van der Waals surface area (Å²) in [5, 5.41) is 9.09. The van der Waals surface area contributed by atoms with Crippen LogP contribution in [0.2, 0.25) is 10.0 Å². The third kappa shape index (κ3) is 3.09. The van der Waals surface area contributed by atoms with Gasteiger partial charge in [-0.15, -0.1) is 0 Å². The molecule has 1 aliphatic carbocycles. The number of carboxylic acid groups (broad SMARTS) is 1.